The van der Waals surface area contributed by atoms with Crippen LogP contribution in [-0.4, -0.2) is 48.2 Å². The molecule has 0 aromatic rings. The summed E-state index contributed by atoms with van der Waals surface area (Å²) in [5, 5.41) is 8.68. The number of ether oxygens (including phenoxy) is 1. The fraction of sp³-hybridized carbons (Fsp3) is 0.800. The molecule has 2 atom stereocenters. The minimum Gasteiger partial charge on any atom is -0.481 e. The molecule has 0 saturated carbocycles. The van der Waals surface area contributed by atoms with Crippen LogP contribution in [0.3, 0.4) is 0 Å². The maximum atomic E-state index is 11.6. The van der Waals surface area contributed by atoms with Crippen LogP contribution in [0.5, 0.6) is 0 Å². The van der Waals surface area contributed by atoms with Gasteiger partial charge in [0.1, 0.15) is 5.92 Å². The van der Waals surface area contributed by atoms with E-state index in [0.29, 0.717) is 6.54 Å². The number of carbonyl (C=O) groups is 2. The summed E-state index contributed by atoms with van der Waals surface area (Å²) in [5.74, 6) is -2.42. The number of likely N-dealkylation sites (N-methyl/N-ethyl adjacent to an activating group) is 1. The van der Waals surface area contributed by atoms with Gasteiger partial charge in [-0.2, -0.15) is 0 Å². The Bertz CT molecular complexity index is 248. The normalized spacial score (nSPS) is 22.4. The summed E-state index contributed by atoms with van der Waals surface area (Å²) in [4.78, 5) is 23.6. The Balaban J connectivity index is 2.41. The van der Waals surface area contributed by atoms with Crippen LogP contribution in [0.1, 0.15) is 19.8 Å². The Morgan fingerprint density at radius 2 is 2.27 bits per heavy atom. The third-order valence-corrected chi connectivity index (χ3v) is 2.62. The Morgan fingerprint density at radius 1 is 1.60 bits per heavy atom. The number of nitrogens with zero attached hydrogens (tertiary/aromatic N) is 1. The van der Waals surface area contributed by atoms with Crippen LogP contribution < -0.4 is 0 Å². The highest BCUT2D eigenvalue weighted by molar-refractivity contribution is 5.96. The molecular formula is C10H17NO4. The van der Waals surface area contributed by atoms with Gasteiger partial charge in [0, 0.05) is 20.2 Å². The van der Waals surface area contributed by atoms with Gasteiger partial charge in [-0.25, -0.2) is 0 Å². The first-order valence-corrected chi connectivity index (χ1v) is 5.11. The monoisotopic (exact) mass is 215 g/mol. The molecule has 1 rings (SSSR count). The smallest absolute Gasteiger partial charge is 0.315 e. The summed E-state index contributed by atoms with van der Waals surface area (Å²) in [6.45, 7) is 2.62. The highest BCUT2D eigenvalue weighted by Gasteiger charge is 2.26. The molecule has 0 aromatic carbocycles. The molecule has 1 saturated heterocycles. The molecule has 1 fully saturated rings. The van der Waals surface area contributed by atoms with Crippen molar-refractivity contribution in [2.24, 2.45) is 5.92 Å². The second-order valence-electron chi connectivity index (χ2n) is 3.91. The third kappa shape index (κ3) is 3.20. The first kappa shape index (κ1) is 12.0. The second-order valence-corrected chi connectivity index (χ2v) is 3.91. The van der Waals surface area contributed by atoms with Crippen molar-refractivity contribution in [3.8, 4) is 0 Å². The van der Waals surface area contributed by atoms with Crippen molar-refractivity contribution < 1.29 is 19.4 Å². The van der Waals surface area contributed by atoms with E-state index < -0.39 is 11.9 Å². The zero-order valence-corrected chi connectivity index (χ0v) is 9.10. The van der Waals surface area contributed by atoms with E-state index in [0.717, 1.165) is 19.4 Å². The van der Waals surface area contributed by atoms with Gasteiger partial charge in [0.25, 0.3) is 0 Å². The van der Waals surface area contributed by atoms with E-state index in [1.165, 1.54) is 11.8 Å². The summed E-state index contributed by atoms with van der Waals surface area (Å²) in [6, 6.07) is 0. The first-order chi connectivity index (χ1) is 7.02. The maximum absolute atomic E-state index is 11.6. The number of carboxylic acids is 1. The van der Waals surface area contributed by atoms with Gasteiger partial charge in [0.05, 0.1) is 6.10 Å². The molecule has 0 aromatic heterocycles. The Kier molecular flexibility index (Phi) is 4.08. The predicted octanol–water partition coefficient (Wildman–Crippen LogP) is 0.344. The zero-order chi connectivity index (χ0) is 11.4. The van der Waals surface area contributed by atoms with E-state index in [-0.39, 0.29) is 12.0 Å². The van der Waals surface area contributed by atoms with E-state index in [9.17, 15) is 9.59 Å². The minimum atomic E-state index is -1.08. The molecular weight excluding hydrogens is 198 g/mol. The average molecular weight is 215 g/mol. The lowest BCUT2D eigenvalue weighted by atomic mass is 10.1. The SMILES string of the molecule is CC(C(=O)O)C(=O)N(C)C[C@@H]1CCCO1. The van der Waals surface area contributed by atoms with Crippen molar-refractivity contribution in [2.45, 2.75) is 25.9 Å². The lowest BCUT2D eigenvalue weighted by Gasteiger charge is -2.22. The number of hydrogen-bond donors (Lipinski definition) is 1. The lowest BCUT2D eigenvalue weighted by Crippen LogP contribution is -2.39. The summed E-state index contributed by atoms with van der Waals surface area (Å²) >= 11 is 0. The number of amides is 1. The van der Waals surface area contributed by atoms with Crippen LogP contribution in [0.2, 0.25) is 0 Å². The van der Waals surface area contributed by atoms with Gasteiger partial charge >= 0.3 is 5.97 Å². The van der Waals surface area contributed by atoms with Gasteiger partial charge in [-0.15, -0.1) is 0 Å². The molecule has 0 spiro atoms. The average Bonchev–Trinajstić information content (AvgIpc) is 2.67. The van der Waals surface area contributed by atoms with Crippen LogP contribution in [0.25, 0.3) is 0 Å². The van der Waals surface area contributed by atoms with E-state index in [4.69, 9.17) is 9.84 Å². The Morgan fingerprint density at radius 3 is 2.73 bits per heavy atom. The third-order valence-electron chi connectivity index (χ3n) is 2.62. The Hall–Kier alpha value is -1.10. The highest BCUT2D eigenvalue weighted by Crippen LogP contribution is 2.13. The van der Waals surface area contributed by atoms with E-state index >= 15 is 0 Å². The minimum absolute atomic E-state index is 0.0694. The van der Waals surface area contributed by atoms with Crippen LogP contribution in [0.15, 0.2) is 0 Å². The lowest BCUT2D eigenvalue weighted by molar-refractivity contribution is -0.150. The summed E-state index contributed by atoms with van der Waals surface area (Å²) in [6.07, 6.45) is 2.03. The van der Waals surface area contributed by atoms with Gasteiger partial charge in [-0.3, -0.25) is 9.59 Å². The molecule has 1 aliphatic heterocycles. The van der Waals surface area contributed by atoms with Crippen molar-refractivity contribution >= 4 is 11.9 Å². The summed E-state index contributed by atoms with van der Waals surface area (Å²) in [5.41, 5.74) is 0. The van der Waals surface area contributed by atoms with Gasteiger partial charge in [-0.1, -0.05) is 0 Å². The first-order valence-electron chi connectivity index (χ1n) is 5.11. The molecule has 5 nitrogen and oxygen atoms in total. The van der Waals surface area contributed by atoms with Crippen LogP contribution in [0.4, 0.5) is 0 Å². The van der Waals surface area contributed by atoms with Crippen molar-refractivity contribution in [3.63, 3.8) is 0 Å². The number of hydrogen-bond acceptors (Lipinski definition) is 3. The van der Waals surface area contributed by atoms with Gasteiger partial charge in [-0.05, 0) is 19.8 Å². The van der Waals surface area contributed by atoms with Crippen LogP contribution in [0, 0.1) is 5.92 Å². The molecule has 86 valence electrons. The molecule has 0 radical (unpaired) electrons. The van der Waals surface area contributed by atoms with Crippen molar-refractivity contribution in [1.82, 2.24) is 4.90 Å². The van der Waals surface area contributed by atoms with Crippen molar-refractivity contribution in [1.29, 1.82) is 0 Å². The van der Waals surface area contributed by atoms with Crippen LogP contribution >= 0.6 is 0 Å². The maximum Gasteiger partial charge on any atom is 0.315 e. The fourth-order valence-electron chi connectivity index (χ4n) is 1.62. The molecule has 0 aliphatic carbocycles. The molecule has 1 amide bonds. The molecule has 0 bridgehead atoms. The van der Waals surface area contributed by atoms with Crippen LogP contribution in [-0.2, 0) is 14.3 Å². The fourth-order valence-corrected chi connectivity index (χ4v) is 1.62. The highest BCUT2D eigenvalue weighted by atomic mass is 16.5. The predicted molar refractivity (Wildman–Crippen MR) is 53.4 cm³/mol. The quantitative estimate of drug-likeness (QED) is 0.687. The van der Waals surface area contributed by atoms with E-state index in [1.54, 1.807) is 7.05 Å². The van der Waals surface area contributed by atoms with E-state index in [1.807, 2.05) is 0 Å². The van der Waals surface area contributed by atoms with Gasteiger partial charge < -0.3 is 14.7 Å². The molecule has 1 unspecified atom stereocenters. The summed E-state index contributed by atoms with van der Waals surface area (Å²) in [7, 11) is 1.61. The van der Waals surface area contributed by atoms with E-state index in [2.05, 4.69) is 0 Å². The van der Waals surface area contributed by atoms with Crippen molar-refractivity contribution in [3.05, 3.63) is 0 Å². The molecule has 5 heteroatoms. The number of carboxylic acid groups (broad SMARTS) is 1. The number of aliphatic carboxylic acids is 1. The molecule has 15 heavy (non-hydrogen) atoms. The number of carbonyl (C=O) groups excluding carboxylic acids is 1. The topological polar surface area (TPSA) is 66.8 Å². The largest absolute Gasteiger partial charge is 0.481 e. The van der Waals surface area contributed by atoms with Gasteiger partial charge in [0.2, 0.25) is 5.91 Å². The standard InChI is InChI=1S/C10H17NO4/c1-7(10(13)14)9(12)11(2)6-8-4-3-5-15-8/h7-8H,3-6H2,1-2H3,(H,13,14)/t7?,8-/m0/s1. The van der Waals surface area contributed by atoms with Gasteiger partial charge in [0.15, 0.2) is 0 Å². The second kappa shape index (κ2) is 5.11. The summed E-state index contributed by atoms with van der Waals surface area (Å²) < 4.78 is 5.37. The zero-order valence-electron chi connectivity index (χ0n) is 9.10. The Labute approximate surface area is 89.0 Å². The molecule has 1 heterocycles. The number of rotatable bonds is 4. The molecule has 1 N–H and O–H groups in total. The molecule has 1 aliphatic rings. The van der Waals surface area contributed by atoms with Crippen molar-refractivity contribution in [2.75, 3.05) is 20.2 Å².